The molecule has 0 aliphatic heterocycles. The maximum Gasteiger partial charge on any atom is 0.175 e. The van der Waals surface area contributed by atoms with Crippen LogP contribution in [0.15, 0.2) is 21.3 Å². The van der Waals surface area contributed by atoms with Gasteiger partial charge in [-0.2, -0.15) is 5.26 Å². The van der Waals surface area contributed by atoms with Crippen LogP contribution >= 0.6 is 31.9 Å². The van der Waals surface area contributed by atoms with Crippen LogP contribution in [0.4, 0.5) is 0 Å². The Morgan fingerprint density at radius 2 is 2.21 bits per heavy atom. The Morgan fingerprint density at radius 1 is 1.43 bits per heavy atom. The number of aromatic amines is 1. The normalized spacial score (nSPS) is 10.4. The summed E-state index contributed by atoms with van der Waals surface area (Å²) in [6.45, 7) is 0. The fraction of sp³-hybridized carbons (Fsp3) is 0.111. The van der Waals surface area contributed by atoms with Gasteiger partial charge in [-0.25, -0.2) is 4.98 Å². The number of benzene rings is 1. The summed E-state index contributed by atoms with van der Waals surface area (Å²) in [5.74, 6) is 0. The highest BCUT2D eigenvalue weighted by Gasteiger charge is 2.08. The van der Waals surface area contributed by atoms with E-state index in [0.29, 0.717) is 11.2 Å². The summed E-state index contributed by atoms with van der Waals surface area (Å²) in [5, 5.41) is 8.61. The van der Waals surface area contributed by atoms with Crippen molar-refractivity contribution >= 4 is 42.9 Å². The lowest BCUT2D eigenvalue weighted by atomic mass is 10.1. The second-order valence-electron chi connectivity index (χ2n) is 2.80. The molecule has 0 atom stereocenters. The predicted molar refractivity (Wildman–Crippen MR) is 60.8 cm³/mol. The van der Waals surface area contributed by atoms with Gasteiger partial charge in [0, 0.05) is 4.47 Å². The number of hydrogen-bond donors (Lipinski definition) is 1. The second-order valence-corrected chi connectivity index (χ2v) is 4.34. The molecule has 70 valence electrons. The number of halogens is 2. The summed E-state index contributed by atoms with van der Waals surface area (Å²) in [5.41, 5.74) is 2.76. The first-order valence-electron chi connectivity index (χ1n) is 3.92. The maximum absolute atomic E-state index is 8.61. The molecule has 3 nitrogen and oxygen atoms in total. The lowest BCUT2D eigenvalue weighted by Gasteiger charge is -1.98. The first-order valence-corrected chi connectivity index (χ1v) is 5.50. The Kier molecular flexibility index (Phi) is 2.57. The number of nitrogens with zero attached hydrogens (tertiary/aromatic N) is 2. The molecule has 1 N–H and O–H groups in total. The molecule has 0 aliphatic carbocycles. The minimum Gasteiger partial charge on any atom is -0.332 e. The van der Waals surface area contributed by atoms with Crippen molar-refractivity contribution in [1.29, 1.82) is 5.26 Å². The number of fused-ring (bicyclic) bond motifs is 1. The topological polar surface area (TPSA) is 52.5 Å². The number of hydrogen-bond acceptors (Lipinski definition) is 2. The van der Waals surface area contributed by atoms with Crippen LogP contribution in [-0.4, -0.2) is 9.97 Å². The molecule has 2 aromatic rings. The van der Waals surface area contributed by atoms with Crippen LogP contribution in [0.1, 0.15) is 5.56 Å². The third kappa shape index (κ3) is 1.56. The molecule has 0 fully saturated rings. The summed E-state index contributed by atoms with van der Waals surface area (Å²) in [7, 11) is 0. The molecule has 2 rings (SSSR count). The van der Waals surface area contributed by atoms with Crippen molar-refractivity contribution in [2.75, 3.05) is 0 Å². The number of nitrogens with one attached hydrogen (secondary N) is 1. The molecule has 0 saturated heterocycles. The number of nitriles is 1. The molecule has 14 heavy (non-hydrogen) atoms. The number of rotatable bonds is 1. The smallest absolute Gasteiger partial charge is 0.175 e. The number of imidazole rings is 1. The van der Waals surface area contributed by atoms with Gasteiger partial charge in [0.2, 0.25) is 0 Å². The summed E-state index contributed by atoms with van der Waals surface area (Å²) in [4.78, 5) is 7.32. The molecule has 0 amide bonds. The van der Waals surface area contributed by atoms with Gasteiger partial charge >= 0.3 is 0 Å². The van der Waals surface area contributed by atoms with E-state index < -0.39 is 0 Å². The Labute approximate surface area is 97.4 Å². The van der Waals surface area contributed by atoms with Gasteiger partial charge in [-0.1, -0.05) is 6.07 Å². The van der Waals surface area contributed by atoms with Crippen LogP contribution in [0, 0.1) is 11.3 Å². The molecule has 0 unspecified atom stereocenters. The average Bonchev–Trinajstić information content (AvgIpc) is 2.52. The van der Waals surface area contributed by atoms with Crippen molar-refractivity contribution in [2.24, 2.45) is 0 Å². The second kappa shape index (κ2) is 3.71. The third-order valence-corrected chi connectivity index (χ3v) is 3.17. The summed E-state index contributed by atoms with van der Waals surface area (Å²) < 4.78 is 1.58. The highest BCUT2D eigenvalue weighted by molar-refractivity contribution is 9.11. The van der Waals surface area contributed by atoms with Gasteiger partial charge in [-0.15, -0.1) is 0 Å². The molecule has 1 aromatic heterocycles. The van der Waals surface area contributed by atoms with E-state index in [9.17, 15) is 0 Å². The zero-order valence-electron chi connectivity index (χ0n) is 7.01. The van der Waals surface area contributed by atoms with Crippen LogP contribution in [0.5, 0.6) is 0 Å². The Balaban J connectivity index is 2.69. The van der Waals surface area contributed by atoms with E-state index in [4.69, 9.17) is 5.26 Å². The molecule has 0 radical (unpaired) electrons. The fourth-order valence-corrected chi connectivity index (χ4v) is 2.24. The first-order chi connectivity index (χ1) is 6.72. The Hall–Kier alpha value is -0.860. The molecule has 5 heteroatoms. The first kappa shape index (κ1) is 9.69. The maximum atomic E-state index is 8.61. The minimum atomic E-state index is 0.390. The number of H-pyrrole nitrogens is 1. The molecule has 0 aliphatic rings. The third-order valence-electron chi connectivity index (χ3n) is 1.91. The van der Waals surface area contributed by atoms with Crippen molar-refractivity contribution in [3.63, 3.8) is 0 Å². The van der Waals surface area contributed by atoms with Gasteiger partial charge in [0.25, 0.3) is 0 Å². The van der Waals surface area contributed by atoms with E-state index in [2.05, 4.69) is 47.9 Å². The fourth-order valence-electron chi connectivity index (χ4n) is 1.28. The van der Waals surface area contributed by atoms with Crippen LogP contribution in [0.25, 0.3) is 11.0 Å². The van der Waals surface area contributed by atoms with Crippen LogP contribution in [0.2, 0.25) is 0 Å². The quantitative estimate of drug-likeness (QED) is 0.879. The summed E-state index contributed by atoms with van der Waals surface area (Å²) in [6.07, 6.45) is 0.390. The molecule has 1 aromatic carbocycles. The van der Waals surface area contributed by atoms with E-state index in [0.717, 1.165) is 21.1 Å². The van der Waals surface area contributed by atoms with Crippen LogP contribution in [-0.2, 0) is 6.42 Å². The lowest BCUT2D eigenvalue weighted by molar-refractivity contribution is 1.25. The van der Waals surface area contributed by atoms with Gasteiger partial charge in [0.1, 0.15) is 5.52 Å². The molecular weight excluding hydrogens is 310 g/mol. The largest absolute Gasteiger partial charge is 0.332 e. The van der Waals surface area contributed by atoms with Crippen molar-refractivity contribution < 1.29 is 0 Å². The van der Waals surface area contributed by atoms with E-state index >= 15 is 0 Å². The SMILES string of the molecule is N#CCc1ccc2[nH]c(Br)nc2c1Br. The van der Waals surface area contributed by atoms with E-state index in [-0.39, 0.29) is 0 Å². The minimum absolute atomic E-state index is 0.390. The lowest BCUT2D eigenvalue weighted by Crippen LogP contribution is -1.84. The van der Waals surface area contributed by atoms with E-state index in [1.54, 1.807) is 0 Å². The molecule has 0 saturated carbocycles. The van der Waals surface area contributed by atoms with Crippen molar-refractivity contribution in [3.05, 3.63) is 26.9 Å². The zero-order chi connectivity index (χ0) is 10.1. The number of aromatic nitrogens is 2. The zero-order valence-corrected chi connectivity index (χ0v) is 10.2. The standard InChI is InChI=1S/C9H5Br2N3/c10-7-5(3-4-12)1-2-6-8(7)14-9(11)13-6/h1-2H,3H2,(H,13,14). The van der Waals surface area contributed by atoms with Gasteiger partial charge in [0.15, 0.2) is 4.73 Å². The highest BCUT2D eigenvalue weighted by atomic mass is 79.9. The van der Waals surface area contributed by atoms with Crippen LogP contribution < -0.4 is 0 Å². The molecular formula is C9H5Br2N3. The van der Waals surface area contributed by atoms with Gasteiger partial charge < -0.3 is 4.98 Å². The van der Waals surface area contributed by atoms with Crippen molar-refractivity contribution in [2.45, 2.75) is 6.42 Å². The van der Waals surface area contributed by atoms with E-state index in [1.165, 1.54) is 0 Å². The predicted octanol–water partition coefficient (Wildman–Crippen LogP) is 3.15. The van der Waals surface area contributed by atoms with Crippen molar-refractivity contribution in [1.82, 2.24) is 9.97 Å². The van der Waals surface area contributed by atoms with Gasteiger partial charge in [-0.3, -0.25) is 0 Å². The molecule has 1 heterocycles. The Morgan fingerprint density at radius 3 is 2.93 bits per heavy atom. The highest BCUT2D eigenvalue weighted by Crippen LogP contribution is 2.27. The van der Waals surface area contributed by atoms with E-state index in [1.807, 2.05) is 12.1 Å². The summed E-state index contributed by atoms with van der Waals surface area (Å²) in [6, 6.07) is 5.95. The Bertz CT molecular complexity index is 525. The molecule has 0 spiro atoms. The summed E-state index contributed by atoms with van der Waals surface area (Å²) >= 11 is 6.71. The van der Waals surface area contributed by atoms with Gasteiger partial charge in [0.05, 0.1) is 18.0 Å². The van der Waals surface area contributed by atoms with Crippen LogP contribution in [0.3, 0.4) is 0 Å². The average molecular weight is 315 g/mol. The molecule has 0 bridgehead atoms. The van der Waals surface area contributed by atoms with Crippen molar-refractivity contribution in [3.8, 4) is 6.07 Å². The monoisotopic (exact) mass is 313 g/mol. The van der Waals surface area contributed by atoms with Gasteiger partial charge in [-0.05, 0) is 43.5 Å².